The van der Waals surface area contributed by atoms with Crippen molar-refractivity contribution in [3.63, 3.8) is 0 Å². The molecule has 2 aromatic rings. The van der Waals surface area contributed by atoms with Gasteiger partial charge in [0, 0.05) is 44.5 Å². The Labute approximate surface area is 225 Å². The largest absolute Gasteiger partial charge is 0.353 e. The predicted octanol–water partition coefficient (Wildman–Crippen LogP) is 2.84. The number of aromatic nitrogens is 1. The molecule has 1 atom stereocenters. The smallest absolute Gasteiger partial charge is 0.256 e. The summed E-state index contributed by atoms with van der Waals surface area (Å²) in [5.74, 6) is 0.368. The van der Waals surface area contributed by atoms with Crippen molar-refractivity contribution in [2.24, 2.45) is 0 Å². The topological polar surface area (TPSA) is 103 Å². The van der Waals surface area contributed by atoms with Gasteiger partial charge in [0.25, 0.3) is 5.91 Å². The van der Waals surface area contributed by atoms with Crippen LogP contribution >= 0.6 is 0 Å². The molecule has 38 heavy (non-hydrogen) atoms. The summed E-state index contributed by atoms with van der Waals surface area (Å²) in [6.45, 7) is 10.8. The molecule has 0 radical (unpaired) electrons. The van der Waals surface area contributed by atoms with E-state index in [9.17, 15) is 18.0 Å². The van der Waals surface area contributed by atoms with Gasteiger partial charge in [0.2, 0.25) is 15.9 Å². The summed E-state index contributed by atoms with van der Waals surface area (Å²) < 4.78 is 27.2. The molecule has 1 N–H and O–H groups in total. The summed E-state index contributed by atoms with van der Waals surface area (Å²) in [6.07, 6.45) is 3.97. The van der Waals surface area contributed by atoms with Crippen LogP contribution in [0.2, 0.25) is 0 Å². The second kappa shape index (κ2) is 9.87. The highest BCUT2D eigenvalue weighted by molar-refractivity contribution is 7.93. The van der Waals surface area contributed by atoms with Crippen molar-refractivity contribution in [3.8, 4) is 0 Å². The first-order chi connectivity index (χ1) is 18.0. The van der Waals surface area contributed by atoms with Gasteiger partial charge in [0.15, 0.2) is 0 Å². The van der Waals surface area contributed by atoms with Gasteiger partial charge in [-0.15, -0.1) is 0 Å². The quantitative estimate of drug-likeness (QED) is 0.627. The van der Waals surface area contributed by atoms with Crippen LogP contribution in [0.1, 0.15) is 66.6 Å². The van der Waals surface area contributed by atoms with Crippen molar-refractivity contribution in [1.29, 1.82) is 0 Å². The van der Waals surface area contributed by atoms with E-state index < -0.39 is 10.0 Å². The van der Waals surface area contributed by atoms with Crippen LogP contribution < -0.4 is 14.5 Å². The van der Waals surface area contributed by atoms with E-state index in [1.165, 1.54) is 9.87 Å². The number of aryl methyl sites for hydroxylation is 2. The van der Waals surface area contributed by atoms with Gasteiger partial charge in [0.05, 0.1) is 22.9 Å². The summed E-state index contributed by atoms with van der Waals surface area (Å²) >= 11 is 0. The molecule has 9 nitrogen and oxygen atoms in total. The van der Waals surface area contributed by atoms with Gasteiger partial charge in [-0.25, -0.2) is 13.4 Å². The van der Waals surface area contributed by atoms with Crippen molar-refractivity contribution < 1.29 is 18.0 Å². The zero-order valence-corrected chi connectivity index (χ0v) is 23.5. The lowest BCUT2D eigenvalue weighted by atomic mass is 9.90. The lowest BCUT2D eigenvalue weighted by molar-refractivity contribution is -0.120. The highest BCUT2D eigenvalue weighted by Crippen LogP contribution is 2.37. The van der Waals surface area contributed by atoms with Gasteiger partial charge in [-0.05, 0) is 68.9 Å². The maximum absolute atomic E-state index is 13.8. The van der Waals surface area contributed by atoms with E-state index in [1.54, 1.807) is 17.0 Å². The molecule has 0 bridgehead atoms. The summed E-state index contributed by atoms with van der Waals surface area (Å²) in [6, 6.07) is 7.43. The third-order valence-corrected chi connectivity index (χ3v) is 9.75. The molecule has 1 aromatic heterocycles. The molecule has 0 aliphatic carbocycles. The molecule has 0 spiro atoms. The molecule has 5 rings (SSSR count). The average Bonchev–Trinajstić information content (AvgIpc) is 3.39. The van der Waals surface area contributed by atoms with Gasteiger partial charge in [-0.2, -0.15) is 0 Å². The van der Waals surface area contributed by atoms with Crippen molar-refractivity contribution in [2.75, 3.05) is 47.7 Å². The van der Waals surface area contributed by atoms with E-state index in [2.05, 4.69) is 35.1 Å². The third-order valence-electron chi connectivity index (χ3n) is 7.90. The number of hydrogen-bond donors (Lipinski definition) is 1. The predicted molar refractivity (Wildman–Crippen MR) is 148 cm³/mol. The fraction of sp³-hybridized carbons (Fsp3) is 0.536. The summed E-state index contributed by atoms with van der Waals surface area (Å²) in [5, 5.41) is 3.01. The monoisotopic (exact) mass is 539 g/mol. The van der Waals surface area contributed by atoms with E-state index in [1.807, 2.05) is 26.1 Å². The molecule has 3 aliphatic rings. The Hall–Kier alpha value is -3.14. The minimum absolute atomic E-state index is 0.0592. The van der Waals surface area contributed by atoms with Crippen LogP contribution in [0.4, 0.5) is 11.5 Å². The Morgan fingerprint density at radius 1 is 1.13 bits per heavy atom. The Morgan fingerprint density at radius 2 is 1.87 bits per heavy atom. The molecule has 10 heteroatoms. The fourth-order valence-electron chi connectivity index (χ4n) is 5.85. The van der Waals surface area contributed by atoms with Crippen LogP contribution in [0.25, 0.3) is 0 Å². The number of pyridine rings is 1. The van der Waals surface area contributed by atoms with E-state index in [-0.39, 0.29) is 29.0 Å². The van der Waals surface area contributed by atoms with E-state index in [4.69, 9.17) is 0 Å². The molecule has 3 saturated heterocycles. The number of nitrogens with one attached hydrogen (secondary N) is 1. The minimum Gasteiger partial charge on any atom is -0.353 e. The van der Waals surface area contributed by atoms with E-state index >= 15 is 0 Å². The number of rotatable bonds is 5. The van der Waals surface area contributed by atoms with Crippen molar-refractivity contribution >= 4 is 33.3 Å². The highest BCUT2D eigenvalue weighted by atomic mass is 32.2. The van der Waals surface area contributed by atoms with Crippen LogP contribution in [0.3, 0.4) is 0 Å². The molecule has 1 aromatic carbocycles. The van der Waals surface area contributed by atoms with Crippen molar-refractivity contribution in [3.05, 3.63) is 52.7 Å². The lowest BCUT2D eigenvalue weighted by Gasteiger charge is -2.36. The molecule has 1 unspecified atom stereocenters. The fourth-order valence-corrected chi connectivity index (χ4v) is 7.42. The van der Waals surface area contributed by atoms with E-state index in [0.29, 0.717) is 56.8 Å². The van der Waals surface area contributed by atoms with Crippen LogP contribution in [-0.4, -0.2) is 74.1 Å². The Kier molecular flexibility index (Phi) is 6.87. The SMILES string of the molecule is CCc1cnc(N2CCN(C(=O)c3ccc(C4CC(C)(C)NC4=O)cc3N3CCCS3(=O)=O)CC2)c(C)c1. The van der Waals surface area contributed by atoms with Gasteiger partial charge in [-0.1, -0.05) is 19.1 Å². The zero-order chi connectivity index (χ0) is 27.2. The van der Waals surface area contributed by atoms with E-state index in [0.717, 1.165) is 23.4 Å². The zero-order valence-electron chi connectivity index (χ0n) is 22.7. The maximum atomic E-state index is 13.8. The number of carbonyl (C=O) groups excluding carboxylic acids is 2. The number of carbonyl (C=O) groups is 2. The maximum Gasteiger partial charge on any atom is 0.256 e. The highest BCUT2D eigenvalue weighted by Gasteiger charge is 2.40. The van der Waals surface area contributed by atoms with Crippen LogP contribution in [-0.2, 0) is 21.2 Å². The van der Waals surface area contributed by atoms with Crippen LogP contribution in [0, 0.1) is 6.92 Å². The molecule has 204 valence electrons. The number of benzene rings is 1. The number of hydrogen-bond acceptors (Lipinski definition) is 6. The van der Waals surface area contributed by atoms with Crippen molar-refractivity contribution in [2.45, 2.75) is 58.4 Å². The standard InChI is InChI=1S/C28H37N5O4S/c1-5-20-15-19(2)25(29-18-20)31-10-12-32(13-11-31)27(35)22-8-7-21(23-17-28(3,4)30-26(23)34)16-24(22)33-9-6-14-38(33,36)37/h7-8,15-16,18,23H,5-6,9-14,17H2,1-4H3,(H,30,34). The molecular weight excluding hydrogens is 502 g/mol. The van der Waals surface area contributed by atoms with Gasteiger partial charge < -0.3 is 15.1 Å². The number of sulfonamides is 1. The number of amides is 2. The average molecular weight is 540 g/mol. The molecule has 4 heterocycles. The minimum atomic E-state index is -3.51. The molecule has 3 aliphatic heterocycles. The van der Waals surface area contributed by atoms with Gasteiger partial charge >= 0.3 is 0 Å². The number of anilines is 2. The van der Waals surface area contributed by atoms with Crippen molar-refractivity contribution in [1.82, 2.24) is 15.2 Å². The first kappa shape index (κ1) is 26.5. The molecule has 0 saturated carbocycles. The molecular formula is C28H37N5O4S. The third kappa shape index (κ3) is 4.98. The lowest BCUT2D eigenvalue weighted by Crippen LogP contribution is -2.49. The normalized spacial score (nSPS) is 22.6. The Morgan fingerprint density at radius 3 is 2.45 bits per heavy atom. The number of piperazine rings is 1. The summed E-state index contributed by atoms with van der Waals surface area (Å²) in [7, 11) is -3.51. The van der Waals surface area contributed by atoms with Gasteiger partial charge in [0.1, 0.15) is 5.82 Å². The second-order valence-corrected chi connectivity index (χ2v) is 13.3. The summed E-state index contributed by atoms with van der Waals surface area (Å²) in [5.41, 5.74) is 3.49. The van der Waals surface area contributed by atoms with Crippen LogP contribution in [0.15, 0.2) is 30.5 Å². The van der Waals surface area contributed by atoms with Crippen LogP contribution in [0.5, 0.6) is 0 Å². The summed E-state index contributed by atoms with van der Waals surface area (Å²) in [4.78, 5) is 35.1. The number of nitrogens with zero attached hydrogens (tertiary/aromatic N) is 4. The first-order valence-corrected chi connectivity index (χ1v) is 15.1. The second-order valence-electron chi connectivity index (χ2n) is 11.3. The Balaban J connectivity index is 1.40. The van der Waals surface area contributed by atoms with Gasteiger partial charge in [-0.3, -0.25) is 13.9 Å². The Bertz CT molecular complexity index is 1370. The molecule has 3 fully saturated rings. The molecule has 2 amide bonds. The first-order valence-electron chi connectivity index (χ1n) is 13.5.